The third-order valence-electron chi connectivity index (χ3n) is 2.66. The summed E-state index contributed by atoms with van der Waals surface area (Å²) >= 11 is 0. The fourth-order valence-corrected chi connectivity index (χ4v) is 1.50. The number of carbonyl (C=O) groups is 1. The minimum Gasteiger partial charge on any atom is -0.468 e. The number of rotatable bonds is 3. The Labute approximate surface area is 90.2 Å². The molecule has 0 amide bonds. The van der Waals surface area contributed by atoms with Crippen molar-refractivity contribution >= 4 is 5.97 Å². The summed E-state index contributed by atoms with van der Waals surface area (Å²) < 4.78 is 4.59. The molecule has 1 rings (SSSR count). The second kappa shape index (κ2) is 4.94. The first-order valence-corrected chi connectivity index (χ1v) is 4.94. The Kier molecular flexibility index (Phi) is 3.86. The van der Waals surface area contributed by atoms with E-state index >= 15 is 0 Å². The van der Waals surface area contributed by atoms with Crippen LogP contribution in [-0.2, 0) is 16.0 Å². The van der Waals surface area contributed by atoms with Gasteiger partial charge in [0.2, 0.25) is 0 Å². The van der Waals surface area contributed by atoms with Gasteiger partial charge in [0, 0.05) is 0 Å². The fourth-order valence-electron chi connectivity index (χ4n) is 1.50. The van der Waals surface area contributed by atoms with E-state index in [1.54, 1.807) is 0 Å². The van der Waals surface area contributed by atoms with Gasteiger partial charge >= 0.3 is 5.97 Å². The van der Waals surface area contributed by atoms with Crippen molar-refractivity contribution in [2.24, 2.45) is 5.73 Å². The molecule has 1 aromatic carbocycles. The largest absolute Gasteiger partial charge is 0.468 e. The van der Waals surface area contributed by atoms with Crippen molar-refractivity contribution in [3.63, 3.8) is 0 Å². The number of carbonyl (C=O) groups excluding carboxylic acids is 1. The van der Waals surface area contributed by atoms with Crippen molar-refractivity contribution in [1.29, 1.82) is 0 Å². The highest BCUT2D eigenvalue weighted by Crippen LogP contribution is 2.14. The highest BCUT2D eigenvalue weighted by atomic mass is 16.5. The molecule has 1 atom stereocenters. The Bertz CT molecular complexity index is 361. The van der Waals surface area contributed by atoms with Crippen LogP contribution in [0.3, 0.4) is 0 Å². The average Bonchev–Trinajstić information content (AvgIpc) is 2.23. The van der Waals surface area contributed by atoms with Crippen LogP contribution >= 0.6 is 0 Å². The van der Waals surface area contributed by atoms with Gasteiger partial charge < -0.3 is 10.5 Å². The summed E-state index contributed by atoms with van der Waals surface area (Å²) in [7, 11) is 1.35. The summed E-state index contributed by atoms with van der Waals surface area (Å²) in [5.41, 5.74) is 9.21. The van der Waals surface area contributed by atoms with Gasteiger partial charge in [-0.1, -0.05) is 18.2 Å². The Hall–Kier alpha value is -1.35. The molecule has 0 radical (unpaired) electrons. The van der Waals surface area contributed by atoms with Gasteiger partial charge in [0.05, 0.1) is 7.11 Å². The van der Waals surface area contributed by atoms with Crippen LogP contribution in [0.15, 0.2) is 18.2 Å². The topological polar surface area (TPSA) is 52.3 Å². The van der Waals surface area contributed by atoms with Crippen LogP contribution in [0, 0.1) is 13.8 Å². The van der Waals surface area contributed by atoms with Gasteiger partial charge in [0.15, 0.2) is 0 Å². The zero-order valence-corrected chi connectivity index (χ0v) is 9.41. The third kappa shape index (κ3) is 2.80. The maximum Gasteiger partial charge on any atom is 0.322 e. The average molecular weight is 207 g/mol. The maximum absolute atomic E-state index is 11.2. The number of ether oxygens (including phenoxy) is 1. The van der Waals surface area contributed by atoms with E-state index in [-0.39, 0.29) is 5.97 Å². The van der Waals surface area contributed by atoms with Crippen molar-refractivity contribution in [2.75, 3.05) is 7.11 Å². The molecule has 3 nitrogen and oxygen atoms in total. The Morgan fingerprint density at radius 1 is 1.47 bits per heavy atom. The number of methoxy groups -OCH3 is 1. The standard InChI is InChI=1S/C12H17NO2/c1-8-5-4-6-10(9(8)2)7-11(13)12(14)15-3/h4-6,11H,7,13H2,1-3H3/t11-/m0/s1. The molecule has 0 heterocycles. The van der Waals surface area contributed by atoms with E-state index in [0.717, 1.165) is 5.56 Å². The van der Waals surface area contributed by atoms with Crippen molar-refractivity contribution in [3.8, 4) is 0 Å². The van der Waals surface area contributed by atoms with Crippen LogP contribution in [0.1, 0.15) is 16.7 Å². The first kappa shape index (κ1) is 11.7. The molecule has 0 bridgehead atoms. The lowest BCUT2D eigenvalue weighted by Crippen LogP contribution is -2.33. The molecule has 0 saturated carbocycles. The van der Waals surface area contributed by atoms with E-state index in [0.29, 0.717) is 6.42 Å². The molecule has 82 valence electrons. The van der Waals surface area contributed by atoms with E-state index in [1.807, 2.05) is 32.0 Å². The molecule has 0 aliphatic carbocycles. The molecule has 0 aliphatic rings. The Morgan fingerprint density at radius 2 is 2.13 bits per heavy atom. The lowest BCUT2D eigenvalue weighted by Gasteiger charge is -2.12. The van der Waals surface area contributed by atoms with Gasteiger partial charge in [-0.15, -0.1) is 0 Å². The maximum atomic E-state index is 11.2. The van der Waals surface area contributed by atoms with E-state index in [1.165, 1.54) is 18.2 Å². The van der Waals surface area contributed by atoms with Crippen LogP contribution in [0.5, 0.6) is 0 Å². The SMILES string of the molecule is COC(=O)[C@@H](N)Cc1cccc(C)c1C. The first-order valence-electron chi connectivity index (χ1n) is 4.94. The summed E-state index contributed by atoms with van der Waals surface area (Å²) in [6, 6.07) is 5.44. The van der Waals surface area contributed by atoms with Crippen LogP contribution in [0.25, 0.3) is 0 Å². The summed E-state index contributed by atoms with van der Waals surface area (Å²) in [5.74, 6) is -0.365. The van der Waals surface area contributed by atoms with E-state index in [4.69, 9.17) is 5.73 Å². The lowest BCUT2D eigenvalue weighted by atomic mass is 9.98. The molecular weight excluding hydrogens is 190 g/mol. The van der Waals surface area contributed by atoms with Crippen LogP contribution in [0.2, 0.25) is 0 Å². The quantitative estimate of drug-likeness (QED) is 0.761. The van der Waals surface area contributed by atoms with Crippen LogP contribution in [0.4, 0.5) is 0 Å². The minimum atomic E-state index is -0.574. The first-order chi connectivity index (χ1) is 7.06. The number of hydrogen-bond donors (Lipinski definition) is 1. The highest BCUT2D eigenvalue weighted by molar-refractivity contribution is 5.75. The Morgan fingerprint density at radius 3 is 2.73 bits per heavy atom. The van der Waals surface area contributed by atoms with Crippen LogP contribution < -0.4 is 5.73 Å². The summed E-state index contributed by atoms with van der Waals surface area (Å²) in [4.78, 5) is 11.2. The predicted octanol–water partition coefficient (Wildman–Crippen LogP) is 1.35. The number of aryl methyl sites for hydroxylation is 1. The zero-order chi connectivity index (χ0) is 11.4. The number of benzene rings is 1. The van der Waals surface area contributed by atoms with Crippen molar-refractivity contribution in [1.82, 2.24) is 0 Å². The lowest BCUT2D eigenvalue weighted by molar-refractivity contribution is -0.142. The van der Waals surface area contributed by atoms with Gasteiger partial charge in [0.1, 0.15) is 6.04 Å². The molecule has 15 heavy (non-hydrogen) atoms. The molecule has 0 aliphatic heterocycles. The molecule has 0 fully saturated rings. The second-order valence-electron chi connectivity index (χ2n) is 3.69. The van der Waals surface area contributed by atoms with E-state index < -0.39 is 6.04 Å². The molecule has 3 heteroatoms. The number of hydrogen-bond acceptors (Lipinski definition) is 3. The molecule has 1 aromatic rings. The fraction of sp³-hybridized carbons (Fsp3) is 0.417. The summed E-state index contributed by atoms with van der Waals surface area (Å²) in [6.07, 6.45) is 0.528. The van der Waals surface area contributed by atoms with E-state index in [2.05, 4.69) is 4.74 Å². The number of esters is 1. The van der Waals surface area contributed by atoms with Gasteiger partial charge in [-0.2, -0.15) is 0 Å². The molecule has 0 saturated heterocycles. The molecular formula is C12H17NO2. The van der Waals surface area contributed by atoms with Gasteiger partial charge in [-0.3, -0.25) is 4.79 Å². The van der Waals surface area contributed by atoms with Gasteiger partial charge in [0.25, 0.3) is 0 Å². The molecule has 2 N–H and O–H groups in total. The van der Waals surface area contributed by atoms with E-state index in [9.17, 15) is 4.79 Å². The monoisotopic (exact) mass is 207 g/mol. The second-order valence-corrected chi connectivity index (χ2v) is 3.69. The zero-order valence-electron chi connectivity index (χ0n) is 9.41. The normalized spacial score (nSPS) is 12.3. The van der Waals surface area contributed by atoms with Crippen molar-refractivity contribution in [2.45, 2.75) is 26.3 Å². The molecule has 0 aromatic heterocycles. The van der Waals surface area contributed by atoms with Crippen molar-refractivity contribution in [3.05, 3.63) is 34.9 Å². The smallest absolute Gasteiger partial charge is 0.322 e. The summed E-state index contributed by atoms with van der Waals surface area (Å²) in [5, 5.41) is 0. The number of nitrogens with two attached hydrogens (primary N) is 1. The van der Waals surface area contributed by atoms with Gasteiger partial charge in [-0.05, 0) is 37.0 Å². The highest BCUT2D eigenvalue weighted by Gasteiger charge is 2.15. The third-order valence-corrected chi connectivity index (χ3v) is 2.66. The Balaban J connectivity index is 2.81. The van der Waals surface area contributed by atoms with Crippen molar-refractivity contribution < 1.29 is 9.53 Å². The minimum absolute atomic E-state index is 0.365. The predicted molar refractivity (Wildman–Crippen MR) is 59.6 cm³/mol. The summed E-state index contributed by atoms with van der Waals surface area (Å²) in [6.45, 7) is 4.08. The van der Waals surface area contributed by atoms with Gasteiger partial charge in [-0.25, -0.2) is 0 Å². The molecule has 0 unspecified atom stereocenters. The van der Waals surface area contributed by atoms with Crippen LogP contribution in [-0.4, -0.2) is 19.1 Å². The molecule has 0 spiro atoms.